The second-order valence-electron chi connectivity index (χ2n) is 4.05. The molecule has 0 amide bonds. The molecule has 4 N–H and O–H groups in total. The van der Waals surface area contributed by atoms with Crippen molar-refractivity contribution in [3.63, 3.8) is 0 Å². The number of carbonyl (C=O) groups excluding carboxylic acids is 1. The van der Waals surface area contributed by atoms with E-state index < -0.39 is 5.82 Å². The van der Waals surface area contributed by atoms with Gasteiger partial charge in [-0.15, -0.1) is 0 Å². The van der Waals surface area contributed by atoms with Gasteiger partial charge in [-0.2, -0.15) is 0 Å². The lowest BCUT2D eigenvalue weighted by atomic mass is 10.2. The van der Waals surface area contributed by atoms with Crippen molar-refractivity contribution in [1.82, 2.24) is 0 Å². The number of nitrogens with zero attached hydrogens (tertiary/aromatic N) is 1. The summed E-state index contributed by atoms with van der Waals surface area (Å²) < 4.78 is 13.6. The summed E-state index contributed by atoms with van der Waals surface area (Å²) in [5, 5.41) is 1.18. The third kappa shape index (κ3) is 2.29. The first-order valence-corrected chi connectivity index (χ1v) is 5.39. The molecule has 0 spiro atoms. The molecule has 0 aliphatic heterocycles. The van der Waals surface area contributed by atoms with E-state index in [1.165, 1.54) is 11.1 Å². The Hall–Kier alpha value is -1.88. The summed E-state index contributed by atoms with van der Waals surface area (Å²) in [5.41, 5.74) is 6.41. The second kappa shape index (κ2) is 4.55. The van der Waals surface area contributed by atoms with Crippen molar-refractivity contribution in [1.29, 1.82) is 0 Å². The molecule has 0 saturated heterocycles. The Morgan fingerprint density at radius 1 is 1.41 bits per heavy atom. The maximum Gasteiger partial charge on any atom is 0.167 e. The summed E-state index contributed by atoms with van der Waals surface area (Å²) in [6.07, 6.45) is 2.40. The van der Waals surface area contributed by atoms with Crippen LogP contribution in [0.4, 0.5) is 10.1 Å². The monoisotopic (exact) mass is 235 g/mol. The molecule has 0 atom stereocenters. The molecular weight excluding hydrogens is 221 g/mol. The van der Waals surface area contributed by atoms with Gasteiger partial charge in [-0.1, -0.05) is 12.1 Å². The number of hydrazine groups is 1. The van der Waals surface area contributed by atoms with Gasteiger partial charge in [-0.3, -0.25) is 9.80 Å². The Morgan fingerprint density at radius 3 is 2.59 bits per heavy atom. The van der Waals surface area contributed by atoms with Crippen LogP contribution in [0.1, 0.15) is 12.8 Å². The lowest BCUT2D eigenvalue weighted by Gasteiger charge is -2.23. The number of halogens is 1. The first-order chi connectivity index (χ1) is 8.15. The minimum absolute atomic E-state index is 0.0678. The number of anilines is 1. The Morgan fingerprint density at radius 2 is 2.06 bits per heavy atom. The number of allylic oxidation sites excluding steroid dienone is 2. The molecule has 90 valence electrons. The number of hydrogen-bond acceptors (Lipinski definition) is 4. The first kappa shape index (κ1) is 11.6. The molecule has 0 radical (unpaired) electrons. The number of hydrogen-bond donors (Lipinski definition) is 2. The maximum absolute atomic E-state index is 13.6. The molecule has 0 heterocycles. The number of rotatable bonds is 4. The molecule has 1 saturated carbocycles. The number of nitrogens with two attached hydrogens (primary N) is 2. The molecular formula is C12H14FN3O. The van der Waals surface area contributed by atoms with Gasteiger partial charge >= 0.3 is 0 Å². The van der Waals surface area contributed by atoms with Gasteiger partial charge < -0.3 is 5.73 Å². The van der Waals surface area contributed by atoms with E-state index in [0.29, 0.717) is 12.0 Å². The van der Waals surface area contributed by atoms with E-state index in [4.69, 9.17) is 11.6 Å². The molecule has 1 fully saturated rings. The van der Waals surface area contributed by atoms with Crippen LogP contribution < -0.4 is 16.6 Å². The SMILES string of the molecule is N/C(C=O)=C(/C1CC1)N(N)c1ccccc1F. The molecule has 1 aliphatic carbocycles. The standard InChI is InChI=1S/C12H14FN3O/c13-9-3-1-2-4-11(9)16(15)12(8-5-6-8)10(14)7-17/h1-4,7-8H,5-6,14-15H2/b12-10-. The summed E-state index contributed by atoms with van der Waals surface area (Å²) in [7, 11) is 0. The molecule has 1 aromatic carbocycles. The Bertz CT molecular complexity index is 469. The summed E-state index contributed by atoms with van der Waals surface area (Å²) >= 11 is 0. The summed E-state index contributed by atoms with van der Waals surface area (Å²) in [5.74, 6) is 5.57. The Labute approximate surface area is 98.7 Å². The summed E-state index contributed by atoms with van der Waals surface area (Å²) in [6.45, 7) is 0. The van der Waals surface area contributed by atoms with Gasteiger partial charge in [0.15, 0.2) is 6.29 Å². The van der Waals surface area contributed by atoms with Crippen LogP contribution in [0.3, 0.4) is 0 Å². The van der Waals surface area contributed by atoms with E-state index in [0.717, 1.165) is 12.8 Å². The normalized spacial score (nSPS) is 16.4. The zero-order valence-electron chi connectivity index (χ0n) is 9.27. The van der Waals surface area contributed by atoms with E-state index in [2.05, 4.69) is 0 Å². The van der Waals surface area contributed by atoms with Crippen LogP contribution in [-0.4, -0.2) is 6.29 Å². The van der Waals surface area contributed by atoms with Crippen LogP contribution >= 0.6 is 0 Å². The third-order valence-electron chi connectivity index (χ3n) is 2.76. The summed E-state index contributed by atoms with van der Waals surface area (Å²) in [6, 6.07) is 6.13. The lowest BCUT2D eigenvalue weighted by molar-refractivity contribution is -0.105. The van der Waals surface area contributed by atoms with Gasteiger partial charge in [-0.25, -0.2) is 10.2 Å². The van der Waals surface area contributed by atoms with Crippen molar-refractivity contribution >= 4 is 12.0 Å². The highest BCUT2D eigenvalue weighted by Crippen LogP contribution is 2.39. The van der Waals surface area contributed by atoms with Gasteiger partial charge in [0.2, 0.25) is 0 Å². The highest BCUT2D eigenvalue weighted by molar-refractivity contribution is 5.75. The van der Waals surface area contributed by atoms with E-state index in [1.54, 1.807) is 18.2 Å². The van der Waals surface area contributed by atoms with Gasteiger partial charge in [0.25, 0.3) is 0 Å². The van der Waals surface area contributed by atoms with E-state index in [-0.39, 0.29) is 17.3 Å². The minimum atomic E-state index is -0.438. The lowest BCUT2D eigenvalue weighted by Crippen LogP contribution is -2.34. The molecule has 0 aromatic heterocycles. The quantitative estimate of drug-likeness (QED) is 0.357. The predicted molar refractivity (Wildman–Crippen MR) is 63.1 cm³/mol. The molecule has 0 bridgehead atoms. The van der Waals surface area contributed by atoms with Crippen molar-refractivity contribution in [3.8, 4) is 0 Å². The summed E-state index contributed by atoms with van der Waals surface area (Å²) in [4.78, 5) is 10.7. The van der Waals surface area contributed by atoms with E-state index in [9.17, 15) is 9.18 Å². The molecule has 17 heavy (non-hydrogen) atoms. The van der Waals surface area contributed by atoms with Crippen LogP contribution in [0.2, 0.25) is 0 Å². The van der Waals surface area contributed by atoms with Gasteiger partial charge in [0, 0.05) is 5.92 Å². The molecule has 0 unspecified atom stereocenters. The van der Waals surface area contributed by atoms with Crippen molar-refractivity contribution in [2.45, 2.75) is 12.8 Å². The highest BCUT2D eigenvalue weighted by atomic mass is 19.1. The second-order valence-corrected chi connectivity index (χ2v) is 4.05. The fourth-order valence-corrected chi connectivity index (χ4v) is 1.77. The molecule has 1 aromatic rings. The topological polar surface area (TPSA) is 72.4 Å². The number of carbonyl (C=O) groups is 1. The molecule has 4 nitrogen and oxygen atoms in total. The zero-order valence-corrected chi connectivity index (χ0v) is 9.27. The van der Waals surface area contributed by atoms with Crippen LogP contribution in [0, 0.1) is 11.7 Å². The highest BCUT2D eigenvalue weighted by Gasteiger charge is 2.32. The minimum Gasteiger partial charge on any atom is -0.395 e. The molecule has 2 rings (SSSR count). The number of benzene rings is 1. The Kier molecular flexibility index (Phi) is 3.10. The largest absolute Gasteiger partial charge is 0.395 e. The van der Waals surface area contributed by atoms with Crippen molar-refractivity contribution < 1.29 is 9.18 Å². The maximum atomic E-state index is 13.6. The van der Waals surface area contributed by atoms with Crippen LogP contribution in [0.15, 0.2) is 35.7 Å². The number of aldehydes is 1. The fourth-order valence-electron chi connectivity index (χ4n) is 1.77. The van der Waals surface area contributed by atoms with Crippen LogP contribution in [-0.2, 0) is 4.79 Å². The van der Waals surface area contributed by atoms with Gasteiger partial charge in [0.1, 0.15) is 5.82 Å². The average molecular weight is 235 g/mol. The van der Waals surface area contributed by atoms with Crippen molar-refractivity contribution in [3.05, 3.63) is 41.5 Å². The third-order valence-corrected chi connectivity index (χ3v) is 2.76. The molecule has 1 aliphatic rings. The van der Waals surface area contributed by atoms with Gasteiger partial charge in [0.05, 0.1) is 17.1 Å². The van der Waals surface area contributed by atoms with E-state index >= 15 is 0 Å². The number of para-hydroxylation sites is 1. The predicted octanol–water partition coefficient (Wildman–Crippen LogP) is 1.28. The van der Waals surface area contributed by atoms with E-state index in [1.807, 2.05) is 0 Å². The van der Waals surface area contributed by atoms with Crippen molar-refractivity contribution in [2.75, 3.05) is 5.01 Å². The van der Waals surface area contributed by atoms with Gasteiger partial charge in [-0.05, 0) is 25.0 Å². The van der Waals surface area contributed by atoms with Crippen LogP contribution in [0.25, 0.3) is 0 Å². The molecule has 5 heteroatoms. The zero-order chi connectivity index (χ0) is 12.4. The smallest absolute Gasteiger partial charge is 0.167 e. The first-order valence-electron chi connectivity index (χ1n) is 5.39. The fraction of sp³-hybridized carbons (Fsp3) is 0.250. The Balaban J connectivity index is 2.38. The van der Waals surface area contributed by atoms with Crippen molar-refractivity contribution in [2.24, 2.45) is 17.5 Å². The average Bonchev–Trinajstić information content (AvgIpc) is 3.14. The van der Waals surface area contributed by atoms with Crippen LogP contribution in [0.5, 0.6) is 0 Å².